The number of hydrogen-bond donors (Lipinski definition) is 1. The van der Waals surface area contributed by atoms with Crippen molar-refractivity contribution in [3.8, 4) is 0 Å². The van der Waals surface area contributed by atoms with Crippen LogP contribution in [0.5, 0.6) is 0 Å². The smallest absolute Gasteiger partial charge is 0.0745 e. The van der Waals surface area contributed by atoms with Gasteiger partial charge in [0.1, 0.15) is 0 Å². The van der Waals surface area contributed by atoms with E-state index in [1.807, 2.05) is 0 Å². The van der Waals surface area contributed by atoms with Crippen LogP contribution in [0.4, 0.5) is 0 Å². The highest BCUT2D eigenvalue weighted by Gasteiger charge is 1.93. The Bertz CT molecular complexity index is 62.3. The number of unbranched alkanes of at least 4 members (excludes halogenated alkanes) is 2. The molecule has 0 saturated carbocycles. The zero-order valence-corrected chi connectivity index (χ0v) is 6.97. The summed E-state index contributed by atoms with van der Waals surface area (Å²) in [7, 11) is 0. The molecule has 2 heteroatoms. The molecule has 0 saturated heterocycles. The highest BCUT2D eigenvalue weighted by molar-refractivity contribution is 4.42. The highest BCUT2D eigenvalue weighted by atomic mass is 16.5. The monoisotopic (exact) mass is 146 g/mol. The van der Waals surface area contributed by atoms with Crippen LogP contribution in [-0.2, 0) is 4.74 Å². The first-order valence-electron chi connectivity index (χ1n) is 4.03. The summed E-state index contributed by atoms with van der Waals surface area (Å²) in [5.41, 5.74) is 0. The molecule has 0 spiro atoms. The molecule has 0 rings (SSSR count). The van der Waals surface area contributed by atoms with Crippen LogP contribution in [0, 0.1) is 0 Å². The molecule has 0 aromatic heterocycles. The molecule has 1 N–H and O–H groups in total. The molecule has 0 aromatic rings. The predicted octanol–water partition coefficient (Wildman–Crippen LogP) is 1.57. The topological polar surface area (TPSA) is 29.5 Å². The van der Waals surface area contributed by atoms with Gasteiger partial charge in [0.2, 0.25) is 0 Å². The summed E-state index contributed by atoms with van der Waals surface area (Å²) in [6.07, 6.45) is 3.24. The van der Waals surface area contributed by atoms with E-state index in [0.717, 1.165) is 13.0 Å². The molecule has 10 heavy (non-hydrogen) atoms. The van der Waals surface area contributed by atoms with Crippen LogP contribution in [0.25, 0.3) is 0 Å². The van der Waals surface area contributed by atoms with Crippen molar-refractivity contribution in [2.75, 3.05) is 13.2 Å². The van der Waals surface area contributed by atoms with Crippen LogP contribution in [0.3, 0.4) is 0 Å². The van der Waals surface area contributed by atoms with Crippen molar-refractivity contribution in [1.29, 1.82) is 0 Å². The van der Waals surface area contributed by atoms with Crippen LogP contribution < -0.4 is 0 Å². The summed E-state index contributed by atoms with van der Waals surface area (Å²) >= 11 is 0. The Morgan fingerprint density at radius 3 is 2.60 bits per heavy atom. The standard InChI is InChI=1S/C8H18O2/c1-3-4-5-6-10-7-8(2)9/h8-9H,3-7H2,1-2H3/t8-/m0/s1. The molecule has 0 amide bonds. The number of hydrogen-bond acceptors (Lipinski definition) is 2. The van der Waals surface area contributed by atoms with Crippen LogP contribution in [0.1, 0.15) is 33.1 Å². The first kappa shape index (κ1) is 9.92. The first-order valence-corrected chi connectivity index (χ1v) is 4.03. The fraction of sp³-hybridized carbons (Fsp3) is 1.00. The Morgan fingerprint density at radius 1 is 1.40 bits per heavy atom. The lowest BCUT2D eigenvalue weighted by molar-refractivity contribution is 0.0446. The second kappa shape index (κ2) is 7.03. The zero-order chi connectivity index (χ0) is 7.82. The van der Waals surface area contributed by atoms with Crippen LogP contribution in [0.15, 0.2) is 0 Å². The highest BCUT2D eigenvalue weighted by Crippen LogP contribution is 1.94. The SMILES string of the molecule is CCCCCOC[C@H](C)O. The van der Waals surface area contributed by atoms with E-state index in [4.69, 9.17) is 9.84 Å². The molecular formula is C8H18O2. The minimum atomic E-state index is -0.318. The molecule has 0 radical (unpaired) electrons. The number of aliphatic hydroxyl groups is 1. The molecule has 0 fully saturated rings. The van der Waals surface area contributed by atoms with E-state index in [-0.39, 0.29) is 6.10 Å². The van der Waals surface area contributed by atoms with Gasteiger partial charge in [0.05, 0.1) is 12.7 Å². The van der Waals surface area contributed by atoms with E-state index in [9.17, 15) is 0 Å². The molecule has 0 unspecified atom stereocenters. The van der Waals surface area contributed by atoms with Crippen LogP contribution >= 0.6 is 0 Å². The summed E-state index contributed by atoms with van der Waals surface area (Å²) in [4.78, 5) is 0. The molecule has 0 heterocycles. The van der Waals surface area contributed by atoms with Crippen molar-refractivity contribution in [2.45, 2.75) is 39.2 Å². The third kappa shape index (κ3) is 7.92. The van der Waals surface area contributed by atoms with Gasteiger partial charge in [-0.05, 0) is 13.3 Å². The Kier molecular flexibility index (Phi) is 6.98. The Morgan fingerprint density at radius 2 is 2.10 bits per heavy atom. The molecule has 0 aromatic carbocycles. The minimum Gasteiger partial charge on any atom is -0.391 e. The lowest BCUT2D eigenvalue weighted by Crippen LogP contribution is -2.10. The maximum Gasteiger partial charge on any atom is 0.0745 e. The molecule has 0 aliphatic carbocycles. The molecule has 0 aliphatic rings. The fourth-order valence-electron chi connectivity index (χ4n) is 0.708. The van der Waals surface area contributed by atoms with Crippen molar-refractivity contribution in [2.24, 2.45) is 0 Å². The number of rotatable bonds is 6. The first-order chi connectivity index (χ1) is 4.77. The van der Waals surface area contributed by atoms with Gasteiger partial charge in [-0.25, -0.2) is 0 Å². The fourth-order valence-corrected chi connectivity index (χ4v) is 0.708. The molecule has 2 nitrogen and oxygen atoms in total. The average molecular weight is 146 g/mol. The van der Waals surface area contributed by atoms with Gasteiger partial charge in [0.15, 0.2) is 0 Å². The lowest BCUT2D eigenvalue weighted by atomic mass is 10.3. The third-order valence-electron chi connectivity index (χ3n) is 1.25. The molecular weight excluding hydrogens is 128 g/mol. The van der Waals surface area contributed by atoms with Crippen LogP contribution in [0.2, 0.25) is 0 Å². The van der Waals surface area contributed by atoms with E-state index < -0.39 is 0 Å². The van der Waals surface area contributed by atoms with E-state index in [2.05, 4.69) is 6.92 Å². The van der Waals surface area contributed by atoms with Gasteiger partial charge < -0.3 is 9.84 Å². The van der Waals surface area contributed by atoms with Gasteiger partial charge in [-0.15, -0.1) is 0 Å². The van der Waals surface area contributed by atoms with Crippen molar-refractivity contribution < 1.29 is 9.84 Å². The van der Waals surface area contributed by atoms with Crippen molar-refractivity contribution in [3.63, 3.8) is 0 Å². The van der Waals surface area contributed by atoms with Gasteiger partial charge in [-0.3, -0.25) is 0 Å². The maximum absolute atomic E-state index is 8.78. The average Bonchev–Trinajstić information content (AvgIpc) is 1.87. The van der Waals surface area contributed by atoms with Crippen molar-refractivity contribution in [3.05, 3.63) is 0 Å². The Labute approximate surface area is 63.2 Å². The lowest BCUT2D eigenvalue weighted by Gasteiger charge is -2.04. The van der Waals surface area contributed by atoms with Crippen LogP contribution in [-0.4, -0.2) is 24.4 Å². The second-order valence-electron chi connectivity index (χ2n) is 2.63. The summed E-state index contributed by atoms with van der Waals surface area (Å²) in [6, 6.07) is 0. The Hall–Kier alpha value is -0.0800. The van der Waals surface area contributed by atoms with Gasteiger partial charge in [-0.2, -0.15) is 0 Å². The summed E-state index contributed by atoms with van der Waals surface area (Å²) < 4.78 is 5.15. The third-order valence-corrected chi connectivity index (χ3v) is 1.25. The quantitative estimate of drug-likeness (QED) is 0.576. The second-order valence-corrected chi connectivity index (χ2v) is 2.63. The molecule has 1 atom stereocenters. The summed E-state index contributed by atoms with van der Waals surface area (Å²) in [6.45, 7) is 5.16. The van der Waals surface area contributed by atoms with E-state index in [1.54, 1.807) is 6.92 Å². The predicted molar refractivity (Wildman–Crippen MR) is 42.0 cm³/mol. The van der Waals surface area contributed by atoms with Gasteiger partial charge in [0.25, 0.3) is 0 Å². The maximum atomic E-state index is 8.78. The van der Waals surface area contributed by atoms with E-state index >= 15 is 0 Å². The van der Waals surface area contributed by atoms with E-state index in [1.165, 1.54) is 12.8 Å². The minimum absolute atomic E-state index is 0.318. The van der Waals surface area contributed by atoms with Crippen molar-refractivity contribution >= 4 is 0 Å². The largest absolute Gasteiger partial charge is 0.391 e. The molecule has 0 aliphatic heterocycles. The molecule has 0 bridgehead atoms. The van der Waals surface area contributed by atoms with Gasteiger partial charge >= 0.3 is 0 Å². The summed E-state index contributed by atoms with van der Waals surface area (Å²) in [5, 5.41) is 8.78. The van der Waals surface area contributed by atoms with E-state index in [0.29, 0.717) is 6.61 Å². The normalized spacial score (nSPS) is 13.5. The van der Waals surface area contributed by atoms with Crippen molar-refractivity contribution in [1.82, 2.24) is 0 Å². The number of ether oxygens (including phenoxy) is 1. The van der Waals surface area contributed by atoms with Gasteiger partial charge in [0, 0.05) is 6.61 Å². The Balaban J connectivity index is 2.77. The number of aliphatic hydroxyl groups excluding tert-OH is 1. The zero-order valence-electron chi connectivity index (χ0n) is 6.97. The van der Waals surface area contributed by atoms with Gasteiger partial charge in [-0.1, -0.05) is 19.8 Å². The summed E-state index contributed by atoms with van der Waals surface area (Å²) in [5.74, 6) is 0. The molecule has 62 valence electrons.